The first kappa shape index (κ1) is 15.4. The van der Waals surface area contributed by atoms with E-state index in [0.717, 1.165) is 11.4 Å². The van der Waals surface area contributed by atoms with Crippen LogP contribution in [-0.4, -0.2) is 21.1 Å². The standard InChI is InChI=1S/C17H16N6O/c1-12(24)19-14-8-5-9-15(10-14)21-17-22-16(11-18-23-17)20-13-6-3-2-4-7-13/h2-11H,1H3,(H,19,24)(H2,20,21,22,23). The molecule has 0 aliphatic carbocycles. The molecule has 7 nitrogen and oxygen atoms in total. The third-order valence-corrected chi connectivity index (χ3v) is 3.04. The smallest absolute Gasteiger partial charge is 0.249 e. The minimum atomic E-state index is -0.126. The van der Waals surface area contributed by atoms with E-state index in [9.17, 15) is 4.79 Å². The Balaban J connectivity index is 1.74. The fraction of sp³-hybridized carbons (Fsp3) is 0.0588. The maximum Gasteiger partial charge on any atom is 0.249 e. The number of amides is 1. The summed E-state index contributed by atoms with van der Waals surface area (Å²) in [7, 11) is 0. The molecular weight excluding hydrogens is 304 g/mol. The lowest BCUT2D eigenvalue weighted by Gasteiger charge is -2.09. The van der Waals surface area contributed by atoms with Crippen LogP contribution in [0.15, 0.2) is 60.8 Å². The molecular formula is C17H16N6O. The van der Waals surface area contributed by atoms with Gasteiger partial charge in [0, 0.05) is 24.0 Å². The number of carbonyl (C=O) groups excluding carboxylic acids is 1. The number of para-hydroxylation sites is 1. The van der Waals surface area contributed by atoms with Gasteiger partial charge in [-0.15, -0.1) is 5.10 Å². The second kappa shape index (κ2) is 7.19. The van der Waals surface area contributed by atoms with E-state index >= 15 is 0 Å². The third-order valence-electron chi connectivity index (χ3n) is 3.04. The molecule has 120 valence electrons. The number of benzene rings is 2. The molecule has 3 N–H and O–H groups in total. The average Bonchev–Trinajstić information content (AvgIpc) is 2.56. The normalized spacial score (nSPS) is 10.0. The Hall–Kier alpha value is -3.48. The zero-order valence-electron chi connectivity index (χ0n) is 13.0. The highest BCUT2D eigenvalue weighted by Gasteiger charge is 2.03. The van der Waals surface area contributed by atoms with Crippen molar-refractivity contribution in [3.05, 3.63) is 60.8 Å². The molecule has 1 aromatic heterocycles. The first-order chi connectivity index (χ1) is 11.7. The van der Waals surface area contributed by atoms with Crippen LogP contribution in [0.3, 0.4) is 0 Å². The van der Waals surface area contributed by atoms with Crippen LogP contribution in [0.2, 0.25) is 0 Å². The zero-order chi connectivity index (χ0) is 16.8. The number of hydrogen-bond donors (Lipinski definition) is 3. The maximum atomic E-state index is 11.1. The van der Waals surface area contributed by atoms with Gasteiger partial charge in [-0.3, -0.25) is 4.79 Å². The Bertz CT molecular complexity index is 837. The Labute approximate surface area is 139 Å². The summed E-state index contributed by atoms with van der Waals surface area (Å²) in [5.41, 5.74) is 2.36. The molecule has 2 aromatic carbocycles. The van der Waals surface area contributed by atoms with Crippen molar-refractivity contribution in [3.8, 4) is 0 Å². The molecule has 0 aliphatic rings. The van der Waals surface area contributed by atoms with Crippen LogP contribution in [0.5, 0.6) is 0 Å². The Morgan fingerprint density at radius 1 is 0.917 bits per heavy atom. The van der Waals surface area contributed by atoms with Crippen molar-refractivity contribution in [3.63, 3.8) is 0 Å². The lowest BCUT2D eigenvalue weighted by atomic mass is 10.3. The summed E-state index contributed by atoms with van der Waals surface area (Å²) < 4.78 is 0. The summed E-state index contributed by atoms with van der Waals surface area (Å²) in [6.07, 6.45) is 1.55. The van der Waals surface area contributed by atoms with Crippen LogP contribution in [-0.2, 0) is 4.79 Å². The lowest BCUT2D eigenvalue weighted by Crippen LogP contribution is -2.06. The monoisotopic (exact) mass is 320 g/mol. The minimum absolute atomic E-state index is 0.126. The van der Waals surface area contributed by atoms with E-state index in [1.807, 2.05) is 42.5 Å². The first-order valence-electron chi connectivity index (χ1n) is 7.35. The highest BCUT2D eigenvalue weighted by molar-refractivity contribution is 5.89. The number of carbonyl (C=O) groups is 1. The molecule has 1 amide bonds. The van der Waals surface area contributed by atoms with Crippen molar-refractivity contribution < 1.29 is 4.79 Å². The van der Waals surface area contributed by atoms with Gasteiger partial charge in [0.05, 0.1) is 6.20 Å². The number of aromatic nitrogens is 3. The van der Waals surface area contributed by atoms with E-state index in [1.165, 1.54) is 6.92 Å². The molecule has 24 heavy (non-hydrogen) atoms. The van der Waals surface area contributed by atoms with E-state index in [0.29, 0.717) is 17.5 Å². The van der Waals surface area contributed by atoms with E-state index in [4.69, 9.17) is 0 Å². The van der Waals surface area contributed by atoms with Crippen LogP contribution in [0, 0.1) is 0 Å². The van der Waals surface area contributed by atoms with Crippen molar-refractivity contribution in [1.82, 2.24) is 15.2 Å². The zero-order valence-corrected chi connectivity index (χ0v) is 13.0. The molecule has 0 spiro atoms. The summed E-state index contributed by atoms with van der Waals surface area (Å²) >= 11 is 0. The number of rotatable bonds is 5. The highest BCUT2D eigenvalue weighted by atomic mass is 16.1. The molecule has 3 rings (SSSR count). The summed E-state index contributed by atoms with van der Waals surface area (Å²) in [6.45, 7) is 1.46. The number of anilines is 5. The molecule has 0 radical (unpaired) electrons. The molecule has 0 fully saturated rings. The van der Waals surface area contributed by atoms with Gasteiger partial charge in [0.15, 0.2) is 5.82 Å². The topological polar surface area (TPSA) is 91.8 Å². The van der Waals surface area contributed by atoms with Crippen molar-refractivity contribution in [2.24, 2.45) is 0 Å². The highest BCUT2D eigenvalue weighted by Crippen LogP contribution is 2.19. The van der Waals surface area contributed by atoms with Crippen LogP contribution < -0.4 is 16.0 Å². The van der Waals surface area contributed by atoms with E-state index in [2.05, 4.69) is 31.1 Å². The van der Waals surface area contributed by atoms with Gasteiger partial charge in [0.2, 0.25) is 11.9 Å². The quantitative estimate of drug-likeness (QED) is 0.668. The van der Waals surface area contributed by atoms with Crippen molar-refractivity contribution in [2.45, 2.75) is 6.92 Å². The molecule has 7 heteroatoms. The van der Waals surface area contributed by atoms with Crippen molar-refractivity contribution in [1.29, 1.82) is 0 Å². The van der Waals surface area contributed by atoms with Crippen LogP contribution >= 0.6 is 0 Å². The Morgan fingerprint density at radius 3 is 2.46 bits per heavy atom. The summed E-state index contributed by atoms with van der Waals surface area (Å²) in [6, 6.07) is 17.0. The number of hydrogen-bond acceptors (Lipinski definition) is 6. The van der Waals surface area contributed by atoms with Gasteiger partial charge >= 0.3 is 0 Å². The van der Waals surface area contributed by atoms with Crippen LogP contribution in [0.4, 0.5) is 28.8 Å². The van der Waals surface area contributed by atoms with Crippen molar-refractivity contribution in [2.75, 3.05) is 16.0 Å². The molecule has 1 heterocycles. The Morgan fingerprint density at radius 2 is 1.67 bits per heavy atom. The van der Waals surface area contributed by atoms with Crippen LogP contribution in [0.1, 0.15) is 6.92 Å². The molecule has 0 saturated heterocycles. The summed E-state index contributed by atoms with van der Waals surface area (Å²) in [4.78, 5) is 15.5. The molecule has 0 bridgehead atoms. The predicted octanol–water partition coefficient (Wildman–Crippen LogP) is 3.32. The van der Waals surface area contributed by atoms with Gasteiger partial charge in [0.25, 0.3) is 0 Å². The molecule has 0 saturated carbocycles. The van der Waals surface area contributed by atoms with Crippen molar-refractivity contribution >= 4 is 34.7 Å². The third kappa shape index (κ3) is 4.26. The fourth-order valence-electron chi connectivity index (χ4n) is 2.09. The second-order valence-electron chi connectivity index (χ2n) is 5.04. The molecule has 0 aliphatic heterocycles. The minimum Gasteiger partial charge on any atom is -0.339 e. The van der Waals surface area contributed by atoms with Gasteiger partial charge in [-0.2, -0.15) is 10.1 Å². The summed E-state index contributed by atoms with van der Waals surface area (Å²) in [5.74, 6) is 0.812. The molecule has 0 unspecified atom stereocenters. The average molecular weight is 320 g/mol. The van der Waals surface area contributed by atoms with E-state index < -0.39 is 0 Å². The SMILES string of the molecule is CC(=O)Nc1cccc(Nc2nncc(Nc3ccccc3)n2)c1. The van der Waals surface area contributed by atoms with Crippen LogP contribution in [0.25, 0.3) is 0 Å². The van der Waals surface area contributed by atoms with Gasteiger partial charge in [-0.05, 0) is 30.3 Å². The summed E-state index contributed by atoms with van der Waals surface area (Å²) in [5, 5.41) is 16.9. The second-order valence-corrected chi connectivity index (χ2v) is 5.04. The van der Waals surface area contributed by atoms with E-state index in [-0.39, 0.29) is 5.91 Å². The predicted molar refractivity (Wildman–Crippen MR) is 93.6 cm³/mol. The fourth-order valence-corrected chi connectivity index (χ4v) is 2.09. The Kier molecular flexibility index (Phi) is 4.62. The van der Waals surface area contributed by atoms with Gasteiger partial charge < -0.3 is 16.0 Å². The van der Waals surface area contributed by atoms with Gasteiger partial charge in [-0.25, -0.2) is 0 Å². The number of nitrogens with one attached hydrogen (secondary N) is 3. The maximum absolute atomic E-state index is 11.1. The first-order valence-corrected chi connectivity index (χ1v) is 7.35. The van der Waals surface area contributed by atoms with Gasteiger partial charge in [0.1, 0.15) is 0 Å². The molecule has 0 atom stereocenters. The van der Waals surface area contributed by atoms with E-state index in [1.54, 1.807) is 18.3 Å². The lowest BCUT2D eigenvalue weighted by molar-refractivity contribution is -0.114. The molecule has 3 aromatic rings. The number of nitrogens with zero attached hydrogens (tertiary/aromatic N) is 3. The van der Waals surface area contributed by atoms with Gasteiger partial charge in [-0.1, -0.05) is 24.3 Å². The largest absolute Gasteiger partial charge is 0.339 e.